The van der Waals surface area contributed by atoms with E-state index in [-0.39, 0.29) is 17.2 Å². The molecule has 0 bridgehead atoms. The number of aromatic nitrogens is 1. The van der Waals surface area contributed by atoms with Crippen LogP contribution in [0.2, 0.25) is 0 Å². The summed E-state index contributed by atoms with van der Waals surface area (Å²) in [5, 5.41) is 2.88. The lowest BCUT2D eigenvalue weighted by atomic mass is 9.95. The molecule has 1 heterocycles. The Morgan fingerprint density at radius 2 is 2.06 bits per heavy atom. The third-order valence-corrected chi connectivity index (χ3v) is 3.51. The maximum Gasteiger partial charge on any atom is 0.268 e. The summed E-state index contributed by atoms with van der Waals surface area (Å²) >= 11 is 5.90. The van der Waals surface area contributed by atoms with Gasteiger partial charge in [-0.3, -0.25) is 9.59 Å². The molecule has 0 fully saturated rings. The van der Waals surface area contributed by atoms with Crippen molar-refractivity contribution in [1.29, 1.82) is 0 Å². The molecule has 0 aliphatic carbocycles. The van der Waals surface area contributed by atoms with E-state index < -0.39 is 5.54 Å². The maximum atomic E-state index is 11.9. The molecule has 0 saturated carbocycles. The molecule has 0 spiro atoms. The predicted octanol–water partition coefficient (Wildman–Crippen LogP) is 1.90. The number of halogens is 1. The molecule has 2 N–H and O–H groups in total. The van der Waals surface area contributed by atoms with Crippen LogP contribution in [0.3, 0.4) is 0 Å². The van der Waals surface area contributed by atoms with E-state index in [0.717, 1.165) is 12.8 Å². The highest BCUT2D eigenvalue weighted by molar-refractivity contribution is 6.18. The minimum Gasteiger partial charge on any atom is -0.344 e. The van der Waals surface area contributed by atoms with Gasteiger partial charge < -0.3 is 10.3 Å². The standard InChI is InChI=1S/C12H17ClN2O2/c1-3-12(4-2,8-13)15-11(17)9-6-5-7-10(16)14-9/h5-7H,3-4,8H2,1-2H3,(H,14,16)(H,15,17). The van der Waals surface area contributed by atoms with Crippen LogP contribution in [0.4, 0.5) is 0 Å². The number of hydrogen-bond acceptors (Lipinski definition) is 2. The fraction of sp³-hybridized carbons (Fsp3) is 0.500. The number of hydrogen-bond donors (Lipinski definition) is 2. The molecule has 4 nitrogen and oxygen atoms in total. The van der Waals surface area contributed by atoms with Gasteiger partial charge in [-0.1, -0.05) is 19.9 Å². The van der Waals surface area contributed by atoms with Gasteiger partial charge in [0.1, 0.15) is 5.69 Å². The Morgan fingerprint density at radius 3 is 2.53 bits per heavy atom. The van der Waals surface area contributed by atoms with Crippen molar-refractivity contribution in [2.45, 2.75) is 32.2 Å². The molecular weight excluding hydrogens is 240 g/mol. The number of amides is 1. The molecule has 0 aromatic carbocycles. The lowest BCUT2D eigenvalue weighted by Crippen LogP contribution is -2.49. The van der Waals surface area contributed by atoms with Gasteiger partial charge in [0, 0.05) is 11.9 Å². The second-order valence-corrected chi connectivity index (χ2v) is 4.27. The average Bonchev–Trinajstić information content (AvgIpc) is 2.36. The first-order valence-electron chi connectivity index (χ1n) is 5.64. The number of H-pyrrole nitrogens is 1. The number of nitrogens with one attached hydrogen (secondary N) is 2. The van der Waals surface area contributed by atoms with Crippen molar-refractivity contribution < 1.29 is 4.79 Å². The number of carbonyl (C=O) groups is 1. The minimum absolute atomic E-state index is 0.258. The Kier molecular flexibility index (Phi) is 4.75. The highest BCUT2D eigenvalue weighted by Gasteiger charge is 2.27. The van der Waals surface area contributed by atoms with Crippen LogP contribution in [0, 0.1) is 0 Å². The summed E-state index contributed by atoms with van der Waals surface area (Å²) in [7, 11) is 0. The zero-order valence-electron chi connectivity index (χ0n) is 10.0. The van der Waals surface area contributed by atoms with Crippen molar-refractivity contribution in [3.05, 3.63) is 34.2 Å². The molecule has 0 radical (unpaired) electrons. The van der Waals surface area contributed by atoms with Crippen molar-refractivity contribution in [2.75, 3.05) is 5.88 Å². The Morgan fingerprint density at radius 1 is 1.41 bits per heavy atom. The van der Waals surface area contributed by atoms with Gasteiger partial charge in [0.2, 0.25) is 5.56 Å². The number of alkyl halides is 1. The molecule has 94 valence electrons. The van der Waals surface area contributed by atoms with Gasteiger partial charge in [0.05, 0.1) is 5.54 Å². The van der Waals surface area contributed by atoms with E-state index in [1.165, 1.54) is 6.07 Å². The first-order chi connectivity index (χ1) is 8.06. The summed E-state index contributed by atoms with van der Waals surface area (Å²) in [6.45, 7) is 3.94. The first kappa shape index (κ1) is 13.8. The molecule has 0 aliphatic heterocycles. The van der Waals surface area contributed by atoms with Gasteiger partial charge in [-0.25, -0.2) is 0 Å². The highest BCUT2D eigenvalue weighted by Crippen LogP contribution is 2.17. The number of carbonyl (C=O) groups excluding carboxylic acids is 1. The number of aromatic amines is 1. The zero-order valence-corrected chi connectivity index (χ0v) is 10.8. The Bertz CT molecular complexity index is 430. The van der Waals surface area contributed by atoms with E-state index in [1.807, 2.05) is 13.8 Å². The van der Waals surface area contributed by atoms with Crippen LogP contribution in [0.5, 0.6) is 0 Å². The minimum atomic E-state index is -0.411. The van der Waals surface area contributed by atoms with Crippen LogP contribution in [0.25, 0.3) is 0 Å². The monoisotopic (exact) mass is 256 g/mol. The summed E-state index contributed by atoms with van der Waals surface area (Å²) in [6.07, 6.45) is 1.49. The van der Waals surface area contributed by atoms with Crippen LogP contribution in [-0.2, 0) is 0 Å². The smallest absolute Gasteiger partial charge is 0.268 e. The van der Waals surface area contributed by atoms with Gasteiger partial charge in [-0.15, -0.1) is 11.6 Å². The molecular formula is C12H17ClN2O2. The maximum absolute atomic E-state index is 11.9. The summed E-state index contributed by atoms with van der Waals surface area (Å²) in [5.41, 5.74) is -0.443. The van der Waals surface area contributed by atoms with Gasteiger partial charge in [-0.05, 0) is 18.9 Å². The van der Waals surface area contributed by atoms with Gasteiger partial charge in [-0.2, -0.15) is 0 Å². The summed E-state index contributed by atoms with van der Waals surface area (Å²) < 4.78 is 0. The van der Waals surface area contributed by atoms with E-state index in [4.69, 9.17) is 11.6 Å². The van der Waals surface area contributed by atoms with Crippen LogP contribution in [-0.4, -0.2) is 22.3 Å². The molecule has 1 amide bonds. The molecule has 1 rings (SSSR count). The van der Waals surface area contributed by atoms with E-state index >= 15 is 0 Å². The quantitative estimate of drug-likeness (QED) is 0.791. The Hall–Kier alpha value is -1.29. The Labute approximate surface area is 105 Å². The predicted molar refractivity (Wildman–Crippen MR) is 68.6 cm³/mol. The molecule has 0 aliphatic rings. The van der Waals surface area contributed by atoms with Crippen LogP contribution >= 0.6 is 11.6 Å². The third-order valence-electron chi connectivity index (χ3n) is 3.00. The number of rotatable bonds is 5. The molecule has 17 heavy (non-hydrogen) atoms. The molecule has 5 heteroatoms. The van der Waals surface area contributed by atoms with Crippen LogP contribution in [0.15, 0.2) is 23.0 Å². The van der Waals surface area contributed by atoms with Gasteiger partial charge >= 0.3 is 0 Å². The van der Waals surface area contributed by atoms with Gasteiger partial charge in [0.15, 0.2) is 0 Å². The summed E-state index contributed by atoms with van der Waals surface area (Å²) in [6, 6.07) is 4.49. The van der Waals surface area contributed by atoms with E-state index in [2.05, 4.69) is 10.3 Å². The lowest BCUT2D eigenvalue weighted by molar-refractivity contribution is 0.0897. The van der Waals surface area contributed by atoms with Crippen molar-refractivity contribution >= 4 is 17.5 Å². The largest absolute Gasteiger partial charge is 0.344 e. The van der Waals surface area contributed by atoms with Crippen molar-refractivity contribution in [3.8, 4) is 0 Å². The van der Waals surface area contributed by atoms with Crippen LogP contribution in [0.1, 0.15) is 37.2 Å². The fourth-order valence-electron chi connectivity index (χ4n) is 1.54. The molecule has 0 atom stereocenters. The van der Waals surface area contributed by atoms with Crippen molar-refractivity contribution in [3.63, 3.8) is 0 Å². The third kappa shape index (κ3) is 3.33. The van der Waals surface area contributed by atoms with E-state index in [9.17, 15) is 9.59 Å². The summed E-state index contributed by atoms with van der Waals surface area (Å²) in [5.74, 6) is 0.0510. The fourth-order valence-corrected chi connectivity index (χ4v) is 1.98. The molecule has 1 aromatic rings. The van der Waals surface area contributed by atoms with E-state index in [0.29, 0.717) is 5.88 Å². The highest BCUT2D eigenvalue weighted by atomic mass is 35.5. The average molecular weight is 257 g/mol. The normalized spacial score (nSPS) is 11.2. The van der Waals surface area contributed by atoms with Crippen molar-refractivity contribution in [2.24, 2.45) is 0 Å². The topological polar surface area (TPSA) is 62.0 Å². The molecule has 1 aromatic heterocycles. The van der Waals surface area contributed by atoms with Gasteiger partial charge in [0.25, 0.3) is 5.91 Å². The zero-order chi connectivity index (χ0) is 12.9. The molecule has 0 saturated heterocycles. The number of pyridine rings is 1. The second-order valence-electron chi connectivity index (χ2n) is 4.00. The molecule has 0 unspecified atom stereocenters. The first-order valence-corrected chi connectivity index (χ1v) is 6.18. The van der Waals surface area contributed by atoms with Crippen molar-refractivity contribution in [1.82, 2.24) is 10.3 Å². The second kappa shape index (κ2) is 5.87. The SMILES string of the molecule is CCC(CC)(CCl)NC(=O)c1cccc(=O)[nH]1. The van der Waals surface area contributed by atoms with E-state index in [1.54, 1.807) is 12.1 Å². The summed E-state index contributed by atoms with van der Waals surface area (Å²) in [4.78, 5) is 25.5. The van der Waals surface area contributed by atoms with Crippen LogP contribution < -0.4 is 10.9 Å². The lowest BCUT2D eigenvalue weighted by Gasteiger charge is -2.30. The Balaban J connectivity index is 2.88.